The summed E-state index contributed by atoms with van der Waals surface area (Å²) < 4.78 is 68.7. The molecule has 0 aromatic heterocycles. The molecule has 4 atom stereocenters. The lowest BCUT2D eigenvalue weighted by Crippen LogP contribution is -2.49. The topological polar surface area (TPSA) is 81.7 Å². The molecule has 5 rings (SSSR count). The van der Waals surface area contributed by atoms with Crippen molar-refractivity contribution >= 4 is 39.1 Å². The monoisotopic (exact) mass is 557 g/mol. The van der Waals surface area contributed by atoms with Gasteiger partial charge >= 0.3 is 0 Å². The Hall–Kier alpha value is -1.88. The highest BCUT2D eigenvalue weighted by atomic mass is 35.5. The van der Waals surface area contributed by atoms with Crippen molar-refractivity contribution in [3.05, 3.63) is 58.6 Å². The van der Waals surface area contributed by atoms with E-state index in [2.05, 4.69) is 5.32 Å². The van der Waals surface area contributed by atoms with Gasteiger partial charge in [0.05, 0.1) is 28.4 Å². The first-order chi connectivity index (χ1) is 17.2. The average molecular weight is 558 g/mol. The lowest BCUT2D eigenvalue weighted by atomic mass is 9.78. The minimum absolute atomic E-state index is 0.0188. The number of hydrogen-bond acceptors (Lipinski definition) is 6. The molecule has 1 unspecified atom stereocenters. The molecule has 2 fully saturated rings. The Morgan fingerprint density at radius 3 is 2.61 bits per heavy atom. The smallest absolute Gasteiger partial charge is 0.233 e. The van der Waals surface area contributed by atoms with Gasteiger partial charge in [-0.2, -0.15) is 0 Å². The minimum Gasteiger partial charge on any atom is -0.490 e. The maximum absolute atomic E-state index is 15.4. The molecule has 1 N–H and O–H groups in total. The van der Waals surface area contributed by atoms with Gasteiger partial charge in [-0.05, 0) is 67.8 Å². The number of thioether (sulfide) groups is 1. The number of rotatable bonds is 6. The summed E-state index contributed by atoms with van der Waals surface area (Å²) >= 11 is 7.54. The molecule has 2 aromatic carbocycles. The summed E-state index contributed by atoms with van der Waals surface area (Å²) in [5.74, 6) is -1.96. The second kappa shape index (κ2) is 10.1. The van der Waals surface area contributed by atoms with Crippen molar-refractivity contribution in [1.82, 2.24) is 5.32 Å². The van der Waals surface area contributed by atoms with E-state index in [1.807, 2.05) is 0 Å². The van der Waals surface area contributed by atoms with Crippen molar-refractivity contribution < 1.29 is 31.5 Å². The number of sulfone groups is 1. The summed E-state index contributed by atoms with van der Waals surface area (Å²) in [4.78, 5) is 11.8. The molecule has 2 aromatic rings. The third kappa shape index (κ3) is 4.40. The Bertz CT molecular complexity index is 1260. The second-order valence-electron chi connectivity index (χ2n) is 9.29. The van der Waals surface area contributed by atoms with Gasteiger partial charge in [0, 0.05) is 24.1 Å². The summed E-state index contributed by atoms with van der Waals surface area (Å²) in [5.41, 5.74) is -0.269. The van der Waals surface area contributed by atoms with Crippen molar-refractivity contribution in [2.45, 2.75) is 46.7 Å². The van der Waals surface area contributed by atoms with Crippen LogP contribution in [0.25, 0.3) is 0 Å². The van der Waals surface area contributed by atoms with Gasteiger partial charge in [-0.1, -0.05) is 11.6 Å². The van der Waals surface area contributed by atoms with Crippen LogP contribution in [0.5, 0.6) is 5.75 Å². The summed E-state index contributed by atoms with van der Waals surface area (Å²) in [6.07, 6.45) is 1.31. The molecule has 3 aliphatic heterocycles. The van der Waals surface area contributed by atoms with Crippen LogP contribution in [0.1, 0.15) is 31.2 Å². The lowest BCUT2D eigenvalue weighted by molar-refractivity contribution is -0.118. The second-order valence-corrected chi connectivity index (χ2v) is 13.2. The van der Waals surface area contributed by atoms with Crippen molar-refractivity contribution in [3.8, 4) is 5.75 Å². The third-order valence-electron chi connectivity index (χ3n) is 7.31. The zero-order valence-electron chi connectivity index (χ0n) is 19.3. The molecule has 6 nitrogen and oxygen atoms in total. The van der Waals surface area contributed by atoms with E-state index in [0.717, 1.165) is 18.6 Å². The molecule has 36 heavy (non-hydrogen) atoms. The number of benzene rings is 2. The Kier molecular flexibility index (Phi) is 7.24. The normalized spacial score (nSPS) is 28.0. The van der Waals surface area contributed by atoms with Crippen molar-refractivity contribution in [2.24, 2.45) is 5.92 Å². The zero-order valence-corrected chi connectivity index (χ0v) is 21.7. The molecule has 3 heterocycles. The van der Waals surface area contributed by atoms with Crippen LogP contribution < -0.4 is 10.1 Å². The summed E-state index contributed by atoms with van der Waals surface area (Å²) in [6, 6.07) is 7.61. The van der Waals surface area contributed by atoms with Gasteiger partial charge in [-0.25, -0.2) is 17.2 Å². The fourth-order valence-corrected chi connectivity index (χ4v) is 9.18. The van der Waals surface area contributed by atoms with Gasteiger partial charge in [0.2, 0.25) is 5.91 Å². The zero-order chi connectivity index (χ0) is 25.5. The van der Waals surface area contributed by atoms with E-state index in [9.17, 15) is 17.6 Å². The number of fused-ring (bicyclic) bond motifs is 3. The Balaban J connectivity index is 1.51. The predicted octanol–water partition coefficient (Wildman–Crippen LogP) is 4.49. The number of carbonyl (C=O) groups is 1. The van der Waals surface area contributed by atoms with E-state index < -0.39 is 32.1 Å². The van der Waals surface area contributed by atoms with Crippen LogP contribution in [0.15, 0.2) is 41.3 Å². The number of carbonyl (C=O) groups excluding carboxylic acids is 1. The predicted molar refractivity (Wildman–Crippen MR) is 133 cm³/mol. The van der Waals surface area contributed by atoms with Gasteiger partial charge in [-0.3, -0.25) is 4.79 Å². The van der Waals surface area contributed by atoms with Gasteiger partial charge in [0.25, 0.3) is 0 Å². The molecule has 3 aliphatic rings. The number of ether oxygens (including phenoxy) is 2. The number of halogens is 3. The van der Waals surface area contributed by atoms with Gasteiger partial charge in [0.15, 0.2) is 21.4 Å². The van der Waals surface area contributed by atoms with E-state index in [0.29, 0.717) is 30.2 Å². The number of nitrogens with one attached hydrogen (secondary N) is 1. The third-order valence-corrected chi connectivity index (χ3v) is 11.5. The van der Waals surface area contributed by atoms with Crippen LogP contribution >= 0.6 is 23.4 Å². The molecule has 2 saturated heterocycles. The molecule has 0 spiro atoms. The molecule has 0 radical (unpaired) electrons. The van der Waals surface area contributed by atoms with Gasteiger partial charge in [-0.15, -0.1) is 11.8 Å². The standard InChI is InChI=1S/C25H26ClF2NO5S2/c26-16-1-3-18(4-2-16)36(31,32)25-9-11-33-17(8-12-35-21-7-10-29-24(21)30)13-15(25)14-34-23-20(28)6-5-19(27)22(23)25/h1-6,15,17,21H,7-14H2,(H,29,30)/t15?,17-,21+,25-/m0/s1. The highest BCUT2D eigenvalue weighted by Crippen LogP contribution is 2.55. The van der Waals surface area contributed by atoms with E-state index in [4.69, 9.17) is 21.1 Å². The minimum atomic E-state index is -4.22. The quantitative estimate of drug-likeness (QED) is 0.564. The Labute approximate surface area is 218 Å². The summed E-state index contributed by atoms with van der Waals surface area (Å²) in [5, 5.41) is 3.09. The molecular weight excluding hydrogens is 532 g/mol. The molecule has 1 amide bonds. The first kappa shape index (κ1) is 25.8. The SMILES string of the molecule is O=C1NCC[C@H]1SCC[C@H]1CC2COc3c(F)ccc(F)c3[C@]2(S(=O)(=O)c2ccc(Cl)cc2)CCO1. The molecule has 11 heteroatoms. The average Bonchev–Trinajstić information content (AvgIpc) is 3.15. The van der Waals surface area contributed by atoms with E-state index in [-0.39, 0.29) is 53.1 Å². The first-order valence-corrected chi connectivity index (χ1v) is 14.8. The van der Waals surface area contributed by atoms with Gasteiger partial charge in [0.1, 0.15) is 10.6 Å². The van der Waals surface area contributed by atoms with Crippen molar-refractivity contribution in [2.75, 3.05) is 25.5 Å². The molecule has 194 valence electrons. The van der Waals surface area contributed by atoms with E-state index in [1.54, 1.807) is 11.8 Å². The van der Waals surface area contributed by atoms with E-state index in [1.165, 1.54) is 24.3 Å². The molecule has 0 aliphatic carbocycles. The summed E-state index contributed by atoms with van der Waals surface area (Å²) in [6.45, 7) is 0.638. The molecule has 0 bridgehead atoms. The van der Waals surface area contributed by atoms with Crippen LogP contribution in [0.2, 0.25) is 5.02 Å². The van der Waals surface area contributed by atoms with E-state index >= 15 is 4.39 Å². The first-order valence-electron chi connectivity index (χ1n) is 11.9. The van der Waals surface area contributed by atoms with Crippen molar-refractivity contribution in [3.63, 3.8) is 0 Å². The number of hydrogen-bond donors (Lipinski definition) is 1. The molecule has 0 saturated carbocycles. The van der Waals surface area contributed by atoms with Crippen LogP contribution in [0, 0.1) is 17.6 Å². The maximum atomic E-state index is 15.4. The number of amides is 1. The Morgan fingerprint density at radius 1 is 1.14 bits per heavy atom. The van der Waals surface area contributed by atoms with Gasteiger partial charge < -0.3 is 14.8 Å². The van der Waals surface area contributed by atoms with Crippen LogP contribution in [-0.4, -0.2) is 51.2 Å². The summed E-state index contributed by atoms with van der Waals surface area (Å²) in [7, 11) is -4.22. The molecular formula is C25H26ClF2NO5S2. The largest absolute Gasteiger partial charge is 0.490 e. The van der Waals surface area contributed by atoms with Crippen molar-refractivity contribution in [1.29, 1.82) is 0 Å². The lowest BCUT2D eigenvalue weighted by Gasteiger charge is -2.43. The highest BCUT2D eigenvalue weighted by Gasteiger charge is 2.58. The highest BCUT2D eigenvalue weighted by molar-refractivity contribution is 8.00. The van der Waals surface area contributed by atoms with Crippen LogP contribution in [0.4, 0.5) is 8.78 Å². The van der Waals surface area contributed by atoms with Crippen LogP contribution in [-0.2, 0) is 24.1 Å². The maximum Gasteiger partial charge on any atom is 0.233 e. The fraction of sp³-hybridized carbons (Fsp3) is 0.480. The van der Waals surface area contributed by atoms with Crippen LogP contribution in [0.3, 0.4) is 0 Å². The fourth-order valence-electron chi connectivity index (χ4n) is 5.53. The Morgan fingerprint density at radius 2 is 1.89 bits per heavy atom.